The molecular weight excluding hydrogens is 326 g/mol. The Morgan fingerprint density at radius 1 is 1.25 bits per heavy atom. The molecule has 0 unspecified atom stereocenters. The van der Waals surface area contributed by atoms with Crippen LogP contribution in [0.5, 0.6) is 0 Å². The molecule has 0 spiro atoms. The predicted molar refractivity (Wildman–Crippen MR) is 90.2 cm³/mol. The van der Waals surface area contributed by atoms with Crippen LogP contribution in [0.2, 0.25) is 0 Å². The van der Waals surface area contributed by atoms with Crippen molar-refractivity contribution in [1.29, 1.82) is 0 Å². The van der Waals surface area contributed by atoms with Crippen LogP contribution >= 0.6 is 0 Å². The molecule has 1 aliphatic heterocycles. The first-order valence-electron chi connectivity index (χ1n) is 8.41. The van der Waals surface area contributed by atoms with Crippen molar-refractivity contribution in [3.05, 3.63) is 42.0 Å². The van der Waals surface area contributed by atoms with Gasteiger partial charge >= 0.3 is 0 Å². The lowest BCUT2D eigenvalue weighted by Gasteiger charge is -2.29. The number of rotatable bonds is 5. The van der Waals surface area contributed by atoms with E-state index in [0.717, 1.165) is 12.2 Å². The number of hydrogen-bond acceptors (Lipinski definition) is 5. The summed E-state index contributed by atoms with van der Waals surface area (Å²) in [7, 11) is -3.41. The van der Waals surface area contributed by atoms with Gasteiger partial charge in [0.25, 0.3) is 0 Å². The maximum atomic E-state index is 12.6. The Morgan fingerprint density at radius 3 is 2.54 bits per heavy atom. The minimum atomic E-state index is -3.41. The highest BCUT2D eigenvalue weighted by molar-refractivity contribution is 7.89. The number of nitrogens with zero attached hydrogens (tertiary/aromatic N) is 3. The number of hydrogen-bond donors (Lipinski definition) is 0. The molecule has 1 aromatic carbocycles. The molecule has 7 heteroatoms. The van der Waals surface area contributed by atoms with Gasteiger partial charge in [-0.3, -0.25) is 0 Å². The second-order valence-corrected chi connectivity index (χ2v) is 8.23. The highest BCUT2D eigenvalue weighted by Crippen LogP contribution is 2.30. The third-order valence-corrected chi connectivity index (χ3v) is 6.61. The number of benzene rings is 1. The predicted octanol–water partition coefficient (Wildman–Crippen LogP) is 3.15. The number of piperidine rings is 1. The van der Waals surface area contributed by atoms with Crippen molar-refractivity contribution < 1.29 is 12.9 Å². The van der Waals surface area contributed by atoms with E-state index in [9.17, 15) is 8.42 Å². The van der Waals surface area contributed by atoms with Gasteiger partial charge in [-0.1, -0.05) is 37.2 Å². The molecule has 1 aromatic heterocycles. The molecule has 2 aromatic rings. The van der Waals surface area contributed by atoms with Gasteiger partial charge in [0, 0.05) is 24.9 Å². The summed E-state index contributed by atoms with van der Waals surface area (Å²) in [5.74, 6) is 1.80. The van der Waals surface area contributed by atoms with Crippen molar-refractivity contribution in [2.24, 2.45) is 0 Å². The average Bonchev–Trinajstić information content (AvgIpc) is 3.12. The molecule has 0 radical (unpaired) electrons. The van der Waals surface area contributed by atoms with Crippen LogP contribution in [-0.2, 0) is 10.0 Å². The number of aromatic nitrogens is 2. The average molecular weight is 349 g/mol. The van der Waals surface area contributed by atoms with E-state index in [0.29, 0.717) is 36.7 Å². The van der Waals surface area contributed by atoms with Gasteiger partial charge in [0.1, 0.15) is 0 Å². The molecule has 1 fully saturated rings. The molecule has 130 valence electrons. The van der Waals surface area contributed by atoms with Gasteiger partial charge in [0.05, 0.1) is 4.90 Å². The van der Waals surface area contributed by atoms with E-state index in [1.165, 1.54) is 0 Å². The maximum Gasteiger partial charge on any atom is 0.243 e. The number of sulfonamides is 1. The van der Waals surface area contributed by atoms with E-state index in [1.807, 2.05) is 6.07 Å². The fourth-order valence-electron chi connectivity index (χ4n) is 2.88. The molecule has 1 atom stereocenters. The van der Waals surface area contributed by atoms with Crippen molar-refractivity contribution >= 4 is 10.0 Å². The Balaban J connectivity index is 1.67. The molecule has 1 saturated heterocycles. The zero-order chi connectivity index (χ0) is 17.2. The first kappa shape index (κ1) is 17.1. The van der Waals surface area contributed by atoms with Gasteiger partial charge in [-0.05, 0) is 31.4 Å². The minimum Gasteiger partial charge on any atom is -0.339 e. The van der Waals surface area contributed by atoms with Crippen LogP contribution in [0.25, 0.3) is 0 Å². The molecule has 6 nitrogen and oxygen atoms in total. The molecule has 3 rings (SSSR count). The summed E-state index contributed by atoms with van der Waals surface area (Å²) in [5, 5.41) is 4.06. The van der Waals surface area contributed by atoms with E-state index < -0.39 is 10.0 Å². The van der Waals surface area contributed by atoms with Gasteiger partial charge in [-0.15, -0.1) is 0 Å². The standard InChI is InChI=1S/C17H23N3O3S/c1-3-13(2)16-18-17(23-19-16)14-9-11-20(12-10-14)24(21,22)15-7-5-4-6-8-15/h4-8,13-14H,3,9-12H2,1-2H3/t13-/m0/s1. The molecule has 0 amide bonds. The summed E-state index contributed by atoms with van der Waals surface area (Å²) >= 11 is 0. The van der Waals surface area contributed by atoms with Gasteiger partial charge < -0.3 is 4.52 Å². The molecule has 2 heterocycles. The van der Waals surface area contributed by atoms with E-state index in [1.54, 1.807) is 28.6 Å². The Hall–Kier alpha value is -1.73. The Kier molecular flexibility index (Phi) is 5.01. The quantitative estimate of drug-likeness (QED) is 0.829. The van der Waals surface area contributed by atoms with Crippen molar-refractivity contribution in [3.63, 3.8) is 0 Å². The van der Waals surface area contributed by atoms with Crippen LogP contribution in [0, 0.1) is 0 Å². The highest BCUT2D eigenvalue weighted by atomic mass is 32.2. The zero-order valence-electron chi connectivity index (χ0n) is 14.1. The van der Waals surface area contributed by atoms with Crippen LogP contribution < -0.4 is 0 Å². The molecular formula is C17H23N3O3S. The van der Waals surface area contributed by atoms with Gasteiger partial charge in [0.2, 0.25) is 15.9 Å². The molecule has 24 heavy (non-hydrogen) atoms. The van der Waals surface area contributed by atoms with Crippen molar-refractivity contribution in [2.45, 2.75) is 49.8 Å². The third-order valence-electron chi connectivity index (χ3n) is 4.69. The topological polar surface area (TPSA) is 76.3 Å². The molecule has 0 bridgehead atoms. The lowest BCUT2D eigenvalue weighted by atomic mass is 9.98. The van der Waals surface area contributed by atoms with Crippen molar-refractivity contribution in [2.75, 3.05) is 13.1 Å². The van der Waals surface area contributed by atoms with E-state index in [2.05, 4.69) is 24.0 Å². The lowest BCUT2D eigenvalue weighted by molar-refractivity contribution is 0.270. The van der Waals surface area contributed by atoms with Crippen LogP contribution in [0.15, 0.2) is 39.8 Å². The van der Waals surface area contributed by atoms with Crippen molar-refractivity contribution in [3.8, 4) is 0 Å². The monoisotopic (exact) mass is 349 g/mol. The minimum absolute atomic E-state index is 0.137. The lowest BCUT2D eigenvalue weighted by Crippen LogP contribution is -2.37. The fraction of sp³-hybridized carbons (Fsp3) is 0.529. The zero-order valence-corrected chi connectivity index (χ0v) is 14.9. The molecule has 0 saturated carbocycles. The molecule has 0 N–H and O–H groups in total. The second-order valence-electron chi connectivity index (χ2n) is 6.29. The summed E-state index contributed by atoms with van der Waals surface area (Å²) < 4.78 is 32.2. The van der Waals surface area contributed by atoms with Crippen LogP contribution in [0.3, 0.4) is 0 Å². The van der Waals surface area contributed by atoms with Gasteiger partial charge in [-0.25, -0.2) is 8.42 Å². The summed E-state index contributed by atoms with van der Waals surface area (Å²) in [4.78, 5) is 4.85. The van der Waals surface area contributed by atoms with Gasteiger partial charge in [0.15, 0.2) is 5.82 Å². The smallest absolute Gasteiger partial charge is 0.243 e. The van der Waals surface area contributed by atoms with Gasteiger partial charge in [-0.2, -0.15) is 9.29 Å². The largest absolute Gasteiger partial charge is 0.339 e. The summed E-state index contributed by atoms with van der Waals surface area (Å²) in [6.45, 7) is 5.11. The van der Waals surface area contributed by atoms with Crippen LogP contribution in [0.1, 0.15) is 56.7 Å². The van der Waals surface area contributed by atoms with E-state index >= 15 is 0 Å². The highest BCUT2D eigenvalue weighted by Gasteiger charge is 2.32. The first-order valence-corrected chi connectivity index (χ1v) is 9.85. The van der Waals surface area contributed by atoms with Crippen LogP contribution in [-0.4, -0.2) is 36.0 Å². The molecule has 1 aliphatic rings. The Morgan fingerprint density at radius 2 is 1.92 bits per heavy atom. The van der Waals surface area contributed by atoms with E-state index in [-0.39, 0.29) is 11.8 Å². The Bertz CT molecular complexity index is 765. The Labute approximate surface area is 142 Å². The second kappa shape index (κ2) is 7.03. The maximum absolute atomic E-state index is 12.6. The SMILES string of the molecule is CC[C@H](C)c1noc(C2CCN(S(=O)(=O)c3ccccc3)CC2)n1. The third kappa shape index (κ3) is 3.37. The normalized spacial score (nSPS) is 18.6. The summed E-state index contributed by atoms with van der Waals surface area (Å²) in [6.07, 6.45) is 2.37. The molecule has 0 aliphatic carbocycles. The summed E-state index contributed by atoms with van der Waals surface area (Å²) in [5.41, 5.74) is 0. The van der Waals surface area contributed by atoms with Crippen LogP contribution in [0.4, 0.5) is 0 Å². The summed E-state index contributed by atoms with van der Waals surface area (Å²) in [6, 6.07) is 8.58. The fourth-order valence-corrected chi connectivity index (χ4v) is 4.37. The van der Waals surface area contributed by atoms with Crippen molar-refractivity contribution in [1.82, 2.24) is 14.4 Å². The first-order chi connectivity index (χ1) is 11.5. The van der Waals surface area contributed by atoms with E-state index in [4.69, 9.17) is 4.52 Å².